The second-order valence-corrected chi connectivity index (χ2v) is 6.68. The number of halogens is 1. The average Bonchev–Trinajstić information content (AvgIpc) is 3.16. The molecular formula is C22H18ClN3O2. The number of hydrogen-bond donors (Lipinski definition) is 1. The minimum atomic E-state index is -0.552. The Balaban J connectivity index is 1.62. The molecule has 4 rings (SSSR count). The molecule has 5 nitrogen and oxygen atoms in total. The topological polar surface area (TPSA) is 56.2 Å². The maximum absolute atomic E-state index is 12.5. The molecule has 2 aromatic carbocycles. The number of ether oxygens (including phenoxy) is 1. The number of rotatable bonds is 5. The summed E-state index contributed by atoms with van der Waals surface area (Å²) >= 11 is 6.42. The number of carbonyl (C=O) groups is 1. The van der Waals surface area contributed by atoms with E-state index in [4.69, 9.17) is 16.3 Å². The number of benzene rings is 2. The number of nitrogens with zero attached hydrogens (tertiary/aromatic N) is 2. The van der Waals surface area contributed by atoms with E-state index in [1.54, 1.807) is 12.3 Å². The Labute approximate surface area is 167 Å². The summed E-state index contributed by atoms with van der Waals surface area (Å²) in [5.74, 6) is 0. The van der Waals surface area contributed by atoms with Gasteiger partial charge in [-0.3, -0.25) is 5.32 Å². The van der Waals surface area contributed by atoms with Crippen molar-refractivity contribution in [3.05, 3.63) is 101 Å². The van der Waals surface area contributed by atoms with Crippen molar-refractivity contribution in [3.8, 4) is 0 Å². The van der Waals surface area contributed by atoms with Crippen molar-refractivity contribution in [1.29, 1.82) is 0 Å². The molecule has 2 heterocycles. The Kier molecular flexibility index (Phi) is 5.26. The fourth-order valence-electron chi connectivity index (χ4n) is 3.07. The summed E-state index contributed by atoms with van der Waals surface area (Å²) in [5.41, 5.74) is 2.42. The quantitative estimate of drug-likeness (QED) is 0.511. The van der Waals surface area contributed by atoms with Gasteiger partial charge in [-0.15, -0.1) is 0 Å². The van der Waals surface area contributed by atoms with E-state index in [1.165, 1.54) is 0 Å². The highest BCUT2D eigenvalue weighted by molar-refractivity contribution is 6.31. The molecule has 140 valence electrons. The van der Waals surface area contributed by atoms with Gasteiger partial charge in [0.05, 0.1) is 0 Å². The van der Waals surface area contributed by atoms with E-state index in [0.717, 1.165) is 22.2 Å². The van der Waals surface area contributed by atoms with Gasteiger partial charge in [0.15, 0.2) is 0 Å². The molecule has 0 saturated carbocycles. The maximum atomic E-state index is 12.5. The highest BCUT2D eigenvalue weighted by Crippen LogP contribution is 2.27. The number of aromatic nitrogens is 2. The van der Waals surface area contributed by atoms with Crippen LogP contribution in [0.2, 0.25) is 5.02 Å². The third-order valence-electron chi connectivity index (χ3n) is 4.42. The first-order chi connectivity index (χ1) is 13.7. The normalized spacial score (nSPS) is 11.9. The summed E-state index contributed by atoms with van der Waals surface area (Å²) in [6, 6.07) is 22.7. The van der Waals surface area contributed by atoms with E-state index >= 15 is 0 Å². The molecule has 1 amide bonds. The van der Waals surface area contributed by atoms with Crippen LogP contribution < -0.4 is 5.32 Å². The van der Waals surface area contributed by atoms with Gasteiger partial charge in [0.2, 0.25) is 0 Å². The molecular weight excluding hydrogens is 374 g/mol. The van der Waals surface area contributed by atoms with Gasteiger partial charge in [-0.2, -0.15) is 0 Å². The van der Waals surface area contributed by atoms with E-state index in [1.807, 2.05) is 77.5 Å². The van der Waals surface area contributed by atoms with E-state index in [9.17, 15) is 4.79 Å². The Bertz CT molecular complexity index is 1100. The summed E-state index contributed by atoms with van der Waals surface area (Å²) in [6.07, 6.45) is 2.51. The number of pyridine rings is 1. The molecule has 1 unspecified atom stereocenters. The summed E-state index contributed by atoms with van der Waals surface area (Å²) in [7, 11) is 0. The van der Waals surface area contributed by atoms with Gasteiger partial charge in [-0.05, 0) is 29.8 Å². The SMILES string of the molecule is O=C(NC(c1ccccc1Cl)n1ccc2cccnc21)OCc1ccccc1. The first-order valence-corrected chi connectivity index (χ1v) is 9.23. The van der Waals surface area contributed by atoms with Gasteiger partial charge in [-0.25, -0.2) is 9.78 Å². The predicted octanol–water partition coefficient (Wildman–Crippen LogP) is 5.16. The lowest BCUT2D eigenvalue weighted by Crippen LogP contribution is -2.33. The lowest BCUT2D eigenvalue weighted by Gasteiger charge is -2.22. The van der Waals surface area contributed by atoms with Crippen LogP contribution in [0.1, 0.15) is 17.3 Å². The number of nitrogens with one attached hydrogen (secondary N) is 1. The molecule has 28 heavy (non-hydrogen) atoms. The Hall–Kier alpha value is -3.31. The predicted molar refractivity (Wildman–Crippen MR) is 109 cm³/mol. The minimum Gasteiger partial charge on any atom is -0.445 e. The van der Waals surface area contributed by atoms with Gasteiger partial charge in [0.1, 0.15) is 18.4 Å². The van der Waals surface area contributed by atoms with E-state index in [0.29, 0.717) is 5.02 Å². The summed E-state index contributed by atoms with van der Waals surface area (Å²) in [4.78, 5) is 17.0. The lowest BCUT2D eigenvalue weighted by atomic mass is 10.1. The number of amides is 1. The summed E-state index contributed by atoms with van der Waals surface area (Å²) in [5, 5.41) is 4.44. The smallest absolute Gasteiger partial charge is 0.409 e. The highest BCUT2D eigenvalue weighted by Gasteiger charge is 2.21. The molecule has 4 aromatic rings. The largest absolute Gasteiger partial charge is 0.445 e. The molecule has 2 aromatic heterocycles. The second kappa shape index (κ2) is 8.15. The van der Waals surface area contributed by atoms with Crippen molar-refractivity contribution >= 4 is 28.7 Å². The molecule has 0 spiro atoms. The zero-order chi connectivity index (χ0) is 19.3. The van der Waals surface area contributed by atoms with E-state index in [2.05, 4.69) is 10.3 Å². The van der Waals surface area contributed by atoms with Crippen molar-refractivity contribution in [2.45, 2.75) is 12.8 Å². The lowest BCUT2D eigenvalue weighted by molar-refractivity contribution is 0.134. The maximum Gasteiger partial charge on any atom is 0.409 e. The van der Waals surface area contributed by atoms with Gasteiger partial charge in [-0.1, -0.05) is 60.1 Å². The number of hydrogen-bond acceptors (Lipinski definition) is 3. The molecule has 0 fully saturated rings. The van der Waals surface area contributed by atoms with Gasteiger partial charge in [0, 0.05) is 28.4 Å². The van der Waals surface area contributed by atoms with Gasteiger partial charge < -0.3 is 9.30 Å². The van der Waals surface area contributed by atoms with Crippen LogP contribution in [0, 0.1) is 0 Å². The van der Waals surface area contributed by atoms with Gasteiger partial charge in [0.25, 0.3) is 0 Å². The van der Waals surface area contributed by atoms with Crippen LogP contribution in [0.3, 0.4) is 0 Å². The Morgan fingerprint density at radius 2 is 1.82 bits per heavy atom. The van der Waals surface area contributed by atoms with Crippen molar-refractivity contribution in [2.75, 3.05) is 0 Å². The molecule has 6 heteroatoms. The van der Waals surface area contributed by atoms with Crippen LogP contribution in [0.4, 0.5) is 4.79 Å². The zero-order valence-electron chi connectivity index (χ0n) is 15.0. The Morgan fingerprint density at radius 1 is 1.04 bits per heavy atom. The van der Waals surface area contributed by atoms with Crippen LogP contribution in [0.25, 0.3) is 11.0 Å². The van der Waals surface area contributed by atoms with Gasteiger partial charge >= 0.3 is 6.09 Å². The van der Waals surface area contributed by atoms with Crippen molar-refractivity contribution in [1.82, 2.24) is 14.9 Å². The summed E-state index contributed by atoms with van der Waals surface area (Å²) < 4.78 is 7.28. The zero-order valence-corrected chi connectivity index (χ0v) is 15.7. The van der Waals surface area contributed by atoms with Crippen LogP contribution in [-0.4, -0.2) is 15.6 Å². The number of alkyl carbamates (subject to hydrolysis) is 1. The summed E-state index contributed by atoms with van der Waals surface area (Å²) in [6.45, 7) is 0.187. The van der Waals surface area contributed by atoms with Crippen LogP contribution in [-0.2, 0) is 11.3 Å². The molecule has 0 bridgehead atoms. The molecule has 0 radical (unpaired) electrons. The number of fused-ring (bicyclic) bond motifs is 1. The van der Waals surface area contributed by atoms with E-state index in [-0.39, 0.29) is 6.61 Å². The van der Waals surface area contributed by atoms with Crippen LogP contribution in [0.5, 0.6) is 0 Å². The van der Waals surface area contributed by atoms with Crippen LogP contribution in [0.15, 0.2) is 85.2 Å². The molecule has 1 atom stereocenters. The Morgan fingerprint density at radius 3 is 2.64 bits per heavy atom. The molecule has 0 aliphatic rings. The second-order valence-electron chi connectivity index (χ2n) is 6.27. The molecule has 0 saturated heterocycles. The first-order valence-electron chi connectivity index (χ1n) is 8.85. The molecule has 0 aliphatic carbocycles. The fraction of sp³-hybridized carbons (Fsp3) is 0.0909. The average molecular weight is 392 g/mol. The molecule has 1 N–H and O–H groups in total. The van der Waals surface area contributed by atoms with Crippen molar-refractivity contribution in [3.63, 3.8) is 0 Å². The third kappa shape index (κ3) is 3.85. The van der Waals surface area contributed by atoms with Crippen molar-refractivity contribution in [2.24, 2.45) is 0 Å². The number of carbonyl (C=O) groups excluding carboxylic acids is 1. The van der Waals surface area contributed by atoms with E-state index < -0.39 is 12.3 Å². The minimum absolute atomic E-state index is 0.187. The fourth-order valence-corrected chi connectivity index (χ4v) is 3.30. The highest BCUT2D eigenvalue weighted by atomic mass is 35.5. The van der Waals surface area contributed by atoms with Crippen molar-refractivity contribution < 1.29 is 9.53 Å². The molecule has 0 aliphatic heterocycles. The standard InChI is InChI=1S/C22H18ClN3O2/c23-19-11-5-4-10-18(19)21(26-14-12-17-9-6-13-24-20(17)26)25-22(27)28-15-16-7-2-1-3-8-16/h1-14,21H,15H2,(H,25,27). The first kappa shape index (κ1) is 18.1. The van der Waals surface area contributed by atoms with Crippen LogP contribution >= 0.6 is 11.6 Å². The monoisotopic (exact) mass is 391 g/mol. The third-order valence-corrected chi connectivity index (χ3v) is 4.77.